The lowest BCUT2D eigenvalue weighted by molar-refractivity contribution is -0.144. The van der Waals surface area contributed by atoms with Crippen LogP contribution in [0.5, 0.6) is 11.5 Å². The average Bonchev–Trinajstić information content (AvgIpc) is 3.42. The number of rotatable bonds is 8. The molecule has 2 aliphatic heterocycles. The third-order valence-corrected chi connectivity index (χ3v) is 7.84. The van der Waals surface area contributed by atoms with Gasteiger partial charge in [-0.3, -0.25) is 19.2 Å². The molecule has 1 saturated heterocycles. The van der Waals surface area contributed by atoms with Gasteiger partial charge in [-0.1, -0.05) is 44.2 Å². The fraction of sp³-hybridized carbons (Fsp3) is 0.438. The Morgan fingerprint density at radius 3 is 2.51 bits per heavy atom. The van der Waals surface area contributed by atoms with Crippen molar-refractivity contribution in [2.45, 2.75) is 63.9 Å². The molecule has 2 heterocycles. The quantitative estimate of drug-likeness (QED) is 0.366. The van der Waals surface area contributed by atoms with Gasteiger partial charge >= 0.3 is 0 Å². The van der Waals surface area contributed by atoms with Gasteiger partial charge in [0, 0.05) is 31.1 Å². The number of likely N-dealkylation sites (N-methyl/N-ethyl adjacent to an activating group) is 1. The highest BCUT2D eigenvalue weighted by atomic mass is 16.5. The molecule has 0 unspecified atom stereocenters. The van der Waals surface area contributed by atoms with E-state index < -0.39 is 42.1 Å². The van der Waals surface area contributed by atoms with E-state index in [1.165, 1.54) is 11.1 Å². The Hall–Kier alpha value is -4.38. The summed E-state index contributed by atoms with van der Waals surface area (Å²) in [5.41, 5.74) is 1.53. The first-order valence-electron chi connectivity index (χ1n) is 14.6. The largest absolute Gasteiger partial charge is 0.496 e. The van der Waals surface area contributed by atoms with Gasteiger partial charge in [-0.05, 0) is 49.7 Å². The zero-order chi connectivity index (χ0) is 31.1. The highest BCUT2D eigenvalue weighted by Gasteiger charge is 2.46. The van der Waals surface area contributed by atoms with Crippen molar-refractivity contribution < 1.29 is 28.7 Å². The third kappa shape index (κ3) is 7.53. The lowest BCUT2D eigenvalue weighted by Crippen LogP contribution is -2.60. The molecule has 0 aromatic heterocycles. The Kier molecular flexibility index (Phi) is 10.4. The van der Waals surface area contributed by atoms with Gasteiger partial charge in [0.15, 0.2) is 0 Å². The Morgan fingerprint density at radius 1 is 1.09 bits per heavy atom. The molecular formula is C32H41N5O6. The molecule has 0 saturated carbocycles. The molecular weight excluding hydrogens is 550 g/mol. The van der Waals surface area contributed by atoms with Crippen molar-refractivity contribution in [3.63, 3.8) is 0 Å². The van der Waals surface area contributed by atoms with Gasteiger partial charge in [0.1, 0.15) is 35.7 Å². The van der Waals surface area contributed by atoms with E-state index in [-0.39, 0.29) is 30.7 Å². The summed E-state index contributed by atoms with van der Waals surface area (Å²) in [5, 5.41) is 11.4. The number of nitrogens with one attached hydrogen (secondary N) is 4. The first-order valence-corrected chi connectivity index (χ1v) is 14.6. The third-order valence-electron chi connectivity index (χ3n) is 7.84. The fourth-order valence-electron chi connectivity index (χ4n) is 5.27. The molecule has 230 valence electrons. The van der Waals surface area contributed by atoms with Gasteiger partial charge in [0.25, 0.3) is 0 Å². The van der Waals surface area contributed by atoms with Gasteiger partial charge < -0.3 is 35.6 Å². The van der Waals surface area contributed by atoms with Crippen molar-refractivity contribution in [1.82, 2.24) is 26.2 Å². The van der Waals surface area contributed by atoms with Crippen LogP contribution in [0.1, 0.15) is 38.3 Å². The summed E-state index contributed by atoms with van der Waals surface area (Å²) in [4.78, 5) is 55.7. The molecule has 5 atom stereocenters. The minimum absolute atomic E-state index is 0.237. The van der Waals surface area contributed by atoms with E-state index in [1.54, 1.807) is 45.4 Å². The molecule has 11 heteroatoms. The lowest BCUT2D eigenvalue weighted by atomic mass is 10.0. The summed E-state index contributed by atoms with van der Waals surface area (Å²) in [6.45, 7) is 5.62. The van der Waals surface area contributed by atoms with Crippen LogP contribution >= 0.6 is 0 Å². The predicted molar refractivity (Wildman–Crippen MR) is 162 cm³/mol. The standard InChI is InChI=1S/C32H41N5O6/c1-19(2)27(36-29(38)20(3)33-4)32(41)37-16-14-26-28(37)31(40)35-24(17-21-9-7-6-8-10-21)30(39)34-15-13-22-18-23(43-26)11-12-25(22)42-5/h6-13,15,18-20,24,26-28,33H,14,16-17H2,1-5H3,(H,34,39)(H,35,40)(H,36,38)/b15-13-/t20-,24+,26+,27+,28-/m1/s1. The summed E-state index contributed by atoms with van der Waals surface area (Å²) < 4.78 is 11.8. The zero-order valence-corrected chi connectivity index (χ0v) is 25.3. The maximum Gasteiger partial charge on any atom is 0.247 e. The predicted octanol–water partition coefficient (Wildman–Crippen LogP) is 1.62. The zero-order valence-electron chi connectivity index (χ0n) is 25.3. The van der Waals surface area contributed by atoms with Crippen LogP contribution in [0.15, 0.2) is 54.7 Å². The lowest BCUT2D eigenvalue weighted by Gasteiger charge is -2.33. The second-order valence-electron chi connectivity index (χ2n) is 11.2. The molecule has 4 rings (SSSR count). The SMILES string of the molecule is CN[C@H](C)C(=O)N[C@H](C(=O)N1CC[C@@H]2Oc3ccc(OC)c(c3)/C=C\NC(=O)[C@H](Cc3ccccc3)NC(=O)[C@@H]21)C(C)C. The van der Waals surface area contributed by atoms with Crippen molar-refractivity contribution in [2.24, 2.45) is 5.92 Å². The average molecular weight is 592 g/mol. The number of ether oxygens (including phenoxy) is 2. The van der Waals surface area contributed by atoms with Crippen molar-refractivity contribution in [1.29, 1.82) is 0 Å². The number of benzene rings is 2. The van der Waals surface area contributed by atoms with E-state index in [9.17, 15) is 19.2 Å². The van der Waals surface area contributed by atoms with E-state index in [2.05, 4.69) is 21.3 Å². The molecule has 4 N–H and O–H groups in total. The number of carbonyl (C=O) groups excluding carboxylic acids is 4. The molecule has 0 radical (unpaired) electrons. The van der Waals surface area contributed by atoms with Crippen LogP contribution in [0.2, 0.25) is 0 Å². The number of nitrogens with zero attached hydrogens (tertiary/aromatic N) is 1. The topological polar surface area (TPSA) is 138 Å². The van der Waals surface area contributed by atoms with E-state index in [4.69, 9.17) is 9.47 Å². The number of methoxy groups -OCH3 is 1. The molecule has 2 aromatic carbocycles. The first kappa shape index (κ1) is 31.6. The Morgan fingerprint density at radius 2 is 1.84 bits per heavy atom. The van der Waals surface area contributed by atoms with Gasteiger partial charge in [0.2, 0.25) is 23.6 Å². The minimum Gasteiger partial charge on any atom is -0.496 e. The second kappa shape index (κ2) is 14.2. The number of fused-ring (bicyclic) bond motifs is 3. The van der Waals surface area contributed by atoms with E-state index in [0.29, 0.717) is 23.5 Å². The monoisotopic (exact) mass is 591 g/mol. The number of hydrogen-bond donors (Lipinski definition) is 4. The Bertz CT molecular complexity index is 1350. The van der Waals surface area contributed by atoms with Crippen LogP contribution in [-0.2, 0) is 25.6 Å². The number of hydrogen-bond acceptors (Lipinski definition) is 7. The normalized spacial score (nSPS) is 22.4. The maximum absolute atomic E-state index is 14.1. The Labute approximate surface area is 252 Å². The van der Waals surface area contributed by atoms with Crippen molar-refractivity contribution in [3.8, 4) is 11.5 Å². The molecule has 2 aliphatic rings. The van der Waals surface area contributed by atoms with Crippen LogP contribution in [0.4, 0.5) is 0 Å². The van der Waals surface area contributed by atoms with Gasteiger partial charge in [-0.2, -0.15) is 0 Å². The second-order valence-corrected chi connectivity index (χ2v) is 11.2. The molecule has 2 bridgehead atoms. The smallest absolute Gasteiger partial charge is 0.247 e. The molecule has 1 fully saturated rings. The number of carbonyl (C=O) groups is 4. The van der Waals surface area contributed by atoms with Crippen LogP contribution < -0.4 is 30.7 Å². The highest BCUT2D eigenvalue weighted by Crippen LogP contribution is 2.30. The Balaban J connectivity index is 1.71. The summed E-state index contributed by atoms with van der Waals surface area (Å²) in [5.74, 6) is -0.812. The molecule has 4 amide bonds. The summed E-state index contributed by atoms with van der Waals surface area (Å²) in [7, 11) is 3.22. The van der Waals surface area contributed by atoms with Gasteiger partial charge in [0.05, 0.1) is 13.2 Å². The summed E-state index contributed by atoms with van der Waals surface area (Å²) in [6.07, 6.45) is 3.12. The van der Waals surface area contributed by atoms with E-state index in [1.807, 2.05) is 44.2 Å². The number of likely N-dealkylation sites (tertiary alicyclic amines) is 1. The maximum atomic E-state index is 14.1. The molecule has 0 spiro atoms. The fourth-order valence-corrected chi connectivity index (χ4v) is 5.27. The van der Waals surface area contributed by atoms with Crippen molar-refractivity contribution in [2.75, 3.05) is 20.7 Å². The number of amides is 4. The molecule has 2 aromatic rings. The van der Waals surface area contributed by atoms with Crippen molar-refractivity contribution in [3.05, 3.63) is 65.9 Å². The van der Waals surface area contributed by atoms with Crippen LogP contribution in [0, 0.1) is 5.92 Å². The van der Waals surface area contributed by atoms with Gasteiger partial charge in [-0.25, -0.2) is 0 Å². The summed E-state index contributed by atoms with van der Waals surface area (Å²) in [6, 6.07) is 11.3. The van der Waals surface area contributed by atoms with Gasteiger partial charge in [-0.15, -0.1) is 0 Å². The highest BCUT2D eigenvalue weighted by molar-refractivity contribution is 5.96. The molecule has 43 heavy (non-hydrogen) atoms. The first-order chi connectivity index (χ1) is 20.6. The van der Waals surface area contributed by atoms with Crippen LogP contribution in [0.3, 0.4) is 0 Å². The molecule has 11 nitrogen and oxygen atoms in total. The van der Waals surface area contributed by atoms with Crippen molar-refractivity contribution >= 4 is 29.7 Å². The summed E-state index contributed by atoms with van der Waals surface area (Å²) >= 11 is 0. The van der Waals surface area contributed by atoms with E-state index in [0.717, 1.165) is 5.56 Å². The minimum atomic E-state index is -1.04. The van der Waals surface area contributed by atoms with Crippen LogP contribution in [0.25, 0.3) is 6.08 Å². The molecule has 0 aliphatic carbocycles. The van der Waals surface area contributed by atoms with E-state index >= 15 is 0 Å². The van der Waals surface area contributed by atoms with Crippen LogP contribution in [-0.4, -0.2) is 79.5 Å².